The number of aliphatic hydroxyl groups excluding tert-OH is 1. The molecule has 128 valence electrons. The highest BCUT2D eigenvalue weighted by molar-refractivity contribution is 4.85. The number of nitrogens with zero attached hydrogens (tertiary/aromatic N) is 2. The third-order valence-corrected chi connectivity index (χ3v) is 5.76. The molecule has 0 spiro atoms. The third kappa shape index (κ3) is 4.42. The first-order valence-corrected chi connectivity index (χ1v) is 9.14. The van der Waals surface area contributed by atoms with Gasteiger partial charge in [0.05, 0.1) is 18.8 Å². The maximum absolute atomic E-state index is 9.34. The zero-order valence-corrected chi connectivity index (χ0v) is 14.0. The van der Waals surface area contributed by atoms with Crippen molar-refractivity contribution in [1.82, 2.24) is 15.1 Å². The van der Waals surface area contributed by atoms with E-state index < -0.39 is 0 Å². The fourth-order valence-corrected chi connectivity index (χ4v) is 4.27. The van der Waals surface area contributed by atoms with Crippen LogP contribution in [0.5, 0.6) is 0 Å². The number of ether oxygens (including phenoxy) is 1. The molecule has 0 amide bonds. The molecule has 5 heteroatoms. The minimum absolute atomic E-state index is 0.255. The van der Waals surface area contributed by atoms with Gasteiger partial charge in [-0.2, -0.15) is 0 Å². The topological polar surface area (TPSA) is 48.0 Å². The molecule has 5 nitrogen and oxygen atoms in total. The maximum Gasteiger partial charge on any atom is 0.0721 e. The first-order chi connectivity index (χ1) is 10.7. The van der Waals surface area contributed by atoms with Crippen LogP contribution in [0.4, 0.5) is 0 Å². The summed E-state index contributed by atoms with van der Waals surface area (Å²) in [5.41, 5.74) is 0. The van der Waals surface area contributed by atoms with Crippen molar-refractivity contribution in [3.05, 3.63) is 0 Å². The molecule has 0 radical (unpaired) electrons. The first kappa shape index (κ1) is 16.7. The molecule has 22 heavy (non-hydrogen) atoms. The van der Waals surface area contributed by atoms with Crippen molar-refractivity contribution < 1.29 is 9.84 Å². The predicted molar refractivity (Wildman–Crippen MR) is 88.0 cm³/mol. The second-order valence-electron chi connectivity index (χ2n) is 7.46. The zero-order valence-electron chi connectivity index (χ0n) is 14.0. The van der Waals surface area contributed by atoms with E-state index in [4.69, 9.17) is 4.74 Å². The lowest BCUT2D eigenvalue weighted by Gasteiger charge is -2.36. The Morgan fingerprint density at radius 1 is 1.09 bits per heavy atom. The summed E-state index contributed by atoms with van der Waals surface area (Å²) in [7, 11) is 2.09. The van der Waals surface area contributed by atoms with Gasteiger partial charge in [-0.25, -0.2) is 0 Å². The van der Waals surface area contributed by atoms with Gasteiger partial charge in [-0.1, -0.05) is 0 Å². The lowest BCUT2D eigenvalue weighted by Crippen LogP contribution is -2.42. The second-order valence-corrected chi connectivity index (χ2v) is 7.46. The van der Waals surface area contributed by atoms with Gasteiger partial charge in [0.25, 0.3) is 0 Å². The van der Waals surface area contributed by atoms with Crippen LogP contribution in [-0.4, -0.2) is 86.1 Å². The smallest absolute Gasteiger partial charge is 0.0721 e. The van der Waals surface area contributed by atoms with Crippen molar-refractivity contribution in [2.24, 2.45) is 5.92 Å². The average Bonchev–Trinajstić information content (AvgIpc) is 2.90. The normalized spacial score (nSPS) is 33.5. The van der Waals surface area contributed by atoms with E-state index in [0.29, 0.717) is 18.2 Å². The fraction of sp³-hybridized carbons (Fsp3) is 1.00. The number of rotatable bonds is 5. The summed E-state index contributed by atoms with van der Waals surface area (Å²) in [6.07, 6.45) is 6.77. The van der Waals surface area contributed by atoms with E-state index in [2.05, 4.69) is 22.2 Å². The molecule has 0 aliphatic carbocycles. The van der Waals surface area contributed by atoms with Gasteiger partial charge in [-0.3, -0.25) is 4.90 Å². The molecule has 3 aliphatic heterocycles. The van der Waals surface area contributed by atoms with Gasteiger partial charge in [0.1, 0.15) is 0 Å². The number of nitrogens with one attached hydrogen (secondary N) is 1. The molecule has 0 bridgehead atoms. The molecule has 3 saturated heterocycles. The van der Waals surface area contributed by atoms with Crippen molar-refractivity contribution in [1.29, 1.82) is 0 Å². The maximum atomic E-state index is 9.34. The van der Waals surface area contributed by atoms with Gasteiger partial charge in [0.2, 0.25) is 0 Å². The number of hydrogen-bond acceptors (Lipinski definition) is 5. The molecule has 2 unspecified atom stereocenters. The van der Waals surface area contributed by atoms with E-state index in [1.807, 2.05) is 0 Å². The second kappa shape index (κ2) is 8.06. The standard InChI is InChI=1S/C17H33N3O2/c1-19-12-17(10-15(19)13-21)22-16-4-8-20(9-5-16)11-14-2-6-18-7-3-14/h14-18,21H,2-13H2,1H3. The lowest BCUT2D eigenvalue weighted by molar-refractivity contribution is -0.0390. The summed E-state index contributed by atoms with van der Waals surface area (Å²) in [6.45, 7) is 7.30. The summed E-state index contributed by atoms with van der Waals surface area (Å²) < 4.78 is 6.30. The van der Waals surface area contributed by atoms with Crippen LogP contribution < -0.4 is 5.32 Å². The Hall–Kier alpha value is -0.200. The van der Waals surface area contributed by atoms with Crippen LogP contribution in [0.2, 0.25) is 0 Å². The Kier molecular flexibility index (Phi) is 6.10. The highest BCUT2D eigenvalue weighted by Gasteiger charge is 2.32. The Bertz CT molecular complexity index is 328. The molecule has 0 saturated carbocycles. The van der Waals surface area contributed by atoms with Crippen LogP contribution in [0.15, 0.2) is 0 Å². The summed E-state index contributed by atoms with van der Waals surface area (Å²) in [6, 6.07) is 0.296. The lowest BCUT2D eigenvalue weighted by atomic mass is 9.96. The molecule has 3 fully saturated rings. The molecule has 2 atom stereocenters. The molecule has 0 aromatic heterocycles. The summed E-state index contributed by atoms with van der Waals surface area (Å²) in [5.74, 6) is 0.896. The van der Waals surface area contributed by atoms with Crippen molar-refractivity contribution in [2.75, 3.05) is 52.9 Å². The van der Waals surface area contributed by atoms with Gasteiger partial charge >= 0.3 is 0 Å². The number of aliphatic hydroxyl groups is 1. The molecule has 0 aromatic carbocycles. The molecular formula is C17H33N3O2. The predicted octanol–water partition coefficient (Wildman–Crippen LogP) is 0.532. The summed E-state index contributed by atoms with van der Waals surface area (Å²) >= 11 is 0. The number of likely N-dealkylation sites (N-methyl/N-ethyl adjacent to an activating group) is 1. The minimum Gasteiger partial charge on any atom is -0.395 e. The van der Waals surface area contributed by atoms with Gasteiger partial charge < -0.3 is 20.1 Å². The average molecular weight is 311 g/mol. The van der Waals surface area contributed by atoms with Crippen molar-refractivity contribution in [2.45, 2.75) is 50.4 Å². The van der Waals surface area contributed by atoms with E-state index in [1.165, 1.54) is 58.4 Å². The molecule has 3 rings (SSSR count). The third-order valence-electron chi connectivity index (χ3n) is 5.76. The Morgan fingerprint density at radius 2 is 1.82 bits per heavy atom. The summed E-state index contributed by atoms with van der Waals surface area (Å²) in [5, 5.41) is 12.8. The summed E-state index contributed by atoms with van der Waals surface area (Å²) in [4.78, 5) is 4.88. The SMILES string of the molecule is CN1CC(OC2CCN(CC3CCNCC3)CC2)CC1CO. The number of hydrogen-bond donors (Lipinski definition) is 2. The van der Waals surface area contributed by atoms with E-state index in [0.717, 1.165) is 18.9 Å². The van der Waals surface area contributed by atoms with Crippen LogP contribution in [0.25, 0.3) is 0 Å². The zero-order chi connectivity index (χ0) is 15.4. The highest BCUT2D eigenvalue weighted by atomic mass is 16.5. The molecule has 3 aliphatic rings. The Morgan fingerprint density at radius 3 is 2.45 bits per heavy atom. The molecule has 3 heterocycles. The van der Waals surface area contributed by atoms with Crippen LogP contribution in [0, 0.1) is 5.92 Å². The van der Waals surface area contributed by atoms with Crippen molar-refractivity contribution in [3.63, 3.8) is 0 Å². The minimum atomic E-state index is 0.255. The molecule has 0 aromatic rings. The van der Waals surface area contributed by atoms with E-state index >= 15 is 0 Å². The van der Waals surface area contributed by atoms with E-state index in [1.54, 1.807) is 0 Å². The largest absolute Gasteiger partial charge is 0.395 e. The molecular weight excluding hydrogens is 278 g/mol. The number of piperidine rings is 2. The van der Waals surface area contributed by atoms with Crippen LogP contribution in [0.3, 0.4) is 0 Å². The highest BCUT2D eigenvalue weighted by Crippen LogP contribution is 2.24. The van der Waals surface area contributed by atoms with Crippen LogP contribution in [-0.2, 0) is 4.74 Å². The van der Waals surface area contributed by atoms with Gasteiger partial charge in [-0.05, 0) is 58.2 Å². The monoisotopic (exact) mass is 311 g/mol. The van der Waals surface area contributed by atoms with E-state index in [9.17, 15) is 5.11 Å². The van der Waals surface area contributed by atoms with Crippen molar-refractivity contribution in [3.8, 4) is 0 Å². The van der Waals surface area contributed by atoms with Gasteiger partial charge in [0, 0.05) is 32.2 Å². The van der Waals surface area contributed by atoms with Gasteiger partial charge in [-0.15, -0.1) is 0 Å². The van der Waals surface area contributed by atoms with Crippen molar-refractivity contribution >= 4 is 0 Å². The Labute approximate surface area is 135 Å². The number of likely N-dealkylation sites (tertiary alicyclic amines) is 2. The van der Waals surface area contributed by atoms with Crippen LogP contribution in [0.1, 0.15) is 32.1 Å². The fourth-order valence-electron chi connectivity index (χ4n) is 4.27. The van der Waals surface area contributed by atoms with Crippen LogP contribution >= 0.6 is 0 Å². The quantitative estimate of drug-likeness (QED) is 0.776. The van der Waals surface area contributed by atoms with E-state index in [-0.39, 0.29) is 6.61 Å². The Balaban J connectivity index is 1.35. The van der Waals surface area contributed by atoms with Gasteiger partial charge in [0.15, 0.2) is 0 Å². The molecule has 2 N–H and O–H groups in total. The first-order valence-electron chi connectivity index (χ1n) is 9.14.